The molecule has 0 radical (unpaired) electrons. The molecule has 2 aromatic carbocycles. The summed E-state index contributed by atoms with van der Waals surface area (Å²) in [7, 11) is 0. The third-order valence-corrected chi connectivity index (χ3v) is 2.68. The molecule has 0 aliphatic carbocycles. The van der Waals surface area contributed by atoms with E-state index in [1.165, 1.54) is 18.4 Å². The van der Waals surface area contributed by atoms with Crippen LogP contribution >= 0.6 is 0 Å². The highest BCUT2D eigenvalue weighted by molar-refractivity contribution is 6.00. The Hall–Kier alpha value is -2.82. The summed E-state index contributed by atoms with van der Waals surface area (Å²) in [6.45, 7) is 5.15. The Morgan fingerprint density at radius 3 is 2.71 bits per heavy atom. The average Bonchev–Trinajstić information content (AvgIpc) is 2.48. The van der Waals surface area contributed by atoms with Crippen LogP contribution in [0.15, 0.2) is 60.5 Å². The monoisotopic (exact) mass is 287 g/mol. The standard InChI is InChI=1S/C16H14FNO3/c1-3-20-18-11(2)13-6-4-5-7-15(13)21-16-9-8-12(17)10-14(16)19/h3-10,19H,1H2,2H3/b18-11+. The first-order chi connectivity index (χ1) is 10.1. The number of rotatable bonds is 5. The third kappa shape index (κ3) is 3.60. The maximum absolute atomic E-state index is 13.0. The summed E-state index contributed by atoms with van der Waals surface area (Å²) < 4.78 is 18.6. The summed E-state index contributed by atoms with van der Waals surface area (Å²) in [5.41, 5.74) is 1.26. The van der Waals surface area contributed by atoms with Crippen molar-refractivity contribution < 1.29 is 19.1 Å². The lowest BCUT2D eigenvalue weighted by atomic mass is 10.1. The van der Waals surface area contributed by atoms with Gasteiger partial charge < -0.3 is 14.7 Å². The highest BCUT2D eigenvalue weighted by Crippen LogP contribution is 2.32. The van der Waals surface area contributed by atoms with Crippen molar-refractivity contribution in [3.63, 3.8) is 0 Å². The first-order valence-electron chi connectivity index (χ1n) is 6.19. The van der Waals surface area contributed by atoms with E-state index in [0.29, 0.717) is 17.0 Å². The second kappa shape index (κ2) is 6.56. The molecule has 0 amide bonds. The van der Waals surface area contributed by atoms with Gasteiger partial charge in [0.05, 0.1) is 5.71 Å². The molecule has 0 aliphatic heterocycles. The van der Waals surface area contributed by atoms with Gasteiger partial charge in [0.25, 0.3) is 0 Å². The Morgan fingerprint density at radius 2 is 2.00 bits per heavy atom. The Bertz CT molecular complexity index is 683. The van der Waals surface area contributed by atoms with Crippen molar-refractivity contribution in [3.8, 4) is 17.2 Å². The zero-order chi connectivity index (χ0) is 15.2. The lowest BCUT2D eigenvalue weighted by Gasteiger charge is -2.11. The number of nitrogens with zero attached hydrogens (tertiary/aromatic N) is 1. The zero-order valence-electron chi connectivity index (χ0n) is 11.4. The highest BCUT2D eigenvalue weighted by atomic mass is 19.1. The number of phenols is 1. The second-order valence-corrected chi connectivity index (χ2v) is 4.16. The molecule has 0 unspecified atom stereocenters. The zero-order valence-corrected chi connectivity index (χ0v) is 11.4. The van der Waals surface area contributed by atoms with E-state index in [9.17, 15) is 9.50 Å². The van der Waals surface area contributed by atoms with E-state index in [4.69, 9.17) is 9.57 Å². The number of halogens is 1. The maximum Gasteiger partial charge on any atom is 0.169 e. The SMILES string of the molecule is C=CO/N=C(\C)c1ccccc1Oc1ccc(F)cc1O. The van der Waals surface area contributed by atoms with E-state index >= 15 is 0 Å². The van der Waals surface area contributed by atoms with Crippen molar-refractivity contribution >= 4 is 5.71 Å². The summed E-state index contributed by atoms with van der Waals surface area (Å²) in [4.78, 5) is 4.79. The molecule has 21 heavy (non-hydrogen) atoms. The van der Waals surface area contributed by atoms with Gasteiger partial charge in [0.2, 0.25) is 0 Å². The van der Waals surface area contributed by atoms with Gasteiger partial charge in [-0.05, 0) is 31.2 Å². The second-order valence-electron chi connectivity index (χ2n) is 4.16. The molecule has 0 aromatic heterocycles. The molecule has 0 bridgehead atoms. The number of para-hydroxylation sites is 1. The fourth-order valence-corrected chi connectivity index (χ4v) is 1.72. The minimum atomic E-state index is -0.537. The van der Waals surface area contributed by atoms with Gasteiger partial charge in [-0.15, -0.1) is 0 Å². The molecule has 2 rings (SSSR count). The molecule has 0 fully saturated rings. The van der Waals surface area contributed by atoms with Crippen molar-refractivity contribution in [1.82, 2.24) is 0 Å². The minimum Gasteiger partial charge on any atom is -0.504 e. The molecule has 0 saturated heterocycles. The van der Waals surface area contributed by atoms with E-state index < -0.39 is 5.82 Å². The Morgan fingerprint density at radius 1 is 1.24 bits per heavy atom. The molecule has 5 heteroatoms. The molecule has 4 nitrogen and oxygen atoms in total. The van der Waals surface area contributed by atoms with Gasteiger partial charge in [0, 0.05) is 11.6 Å². The third-order valence-electron chi connectivity index (χ3n) is 2.68. The van der Waals surface area contributed by atoms with Crippen LogP contribution in [0.25, 0.3) is 0 Å². The van der Waals surface area contributed by atoms with Crippen molar-refractivity contribution in [3.05, 3.63) is 66.7 Å². The van der Waals surface area contributed by atoms with Gasteiger partial charge in [-0.1, -0.05) is 23.9 Å². The normalized spacial score (nSPS) is 11.0. The van der Waals surface area contributed by atoms with Crippen LogP contribution in [0.4, 0.5) is 4.39 Å². The van der Waals surface area contributed by atoms with Gasteiger partial charge in [-0.25, -0.2) is 4.39 Å². The summed E-state index contributed by atoms with van der Waals surface area (Å²) >= 11 is 0. The molecular weight excluding hydrogens is 273 g/mol. The minimum absolute atomic E-state index is 0.154. The van der Waals surface area contributed by atoms with Gasteiger partial charge in [0.1, 0.15) is 17.8 Å². The van der Waals surface area contributed by atoms with Gasteiger partial charge >= 0.3 is 0 Å². The summed E-state index contributed by atoms with van der Waals surface area (Å²) in [6.07, 6.45) is 1.21. The number of hydrogen-bond donors (Lipinski definition) is 1. The molecule has 0 heterocycles. The van der Waals surface area contributed by atoms with Crippen LogP contribution in [0.5, 0.6) is 17.2 Å². The molecule has 0 saturated carbocycles. The van der Waals surface area contributed by atoms with Crippen LogP contribution < -0.4 is 4.74 Å². The van der Waals surface area contributed by atoms with Crippen molar-refractivity contribution in [2.45, 2.75) is 6.92 Å². The van der Waals surface area contributed by atoms with Gasteiger partial charge in [-0.2, -0.15) is 0 Å². The summed E-state index contributed by atoms with van der Waals surface area (Å²) in [6, 6.07) is 10.7. The number of oxime groups is 1. The van der Waals surface area contributed by atoms with E-state index in [0.717, 1.165) is 6.07 Å². The van der Waals surface area contributed by atoms with Crippen LogP contribution in [0.2, 0.25) is 0 Å². The summed E-state index contributed by atoms with van der Waals surface area (Å²) in [5.74, 6) is -0.193. The smallest absolute Gasteiger partial charge is 0.169 e. The highest BCUT2D eigenvalue weighted by Gasteiger charge is 2.11. The van der Waals surface area contributed by atoms with E-state index in [-0.39, 0.29) is 11.5 Å². The molecule has 0 aliphatic rings. The maximum atomic E-state index is 13.0. The lowest BCUT2D eigenvalue weighted by Crippen LogP contribution is -1.99. The first-order valence-corrected chi connectivity index (χ1v) is 6.19. The molecule has 0 spiro atoms. The predicted molar refractivity (Wildman–Crippen MR) is 78.1 cm³/mol. The number of aromatic hydroxyl groups is 1. The van der Waals surface area contributed by atoms with Crippen LogP contribution in [-0.2, 0) is 4.84 Å². The van der Waals surface area contributed by atoms with E-state index in [1.807, 2.05) is 6.07 Å². The van der Waals surface area contributed by atoms with Crippen LogP contribution in [0, 0.1) is 5.82 Å². The molecular formula is C16H14FNO3. The van der Waals surface area contributed by atoms with E-state index in [1.54, 1.807) is 25.1 Å². The Balaban J connectivity index is 2.34. The van der Waals surface area contributed by atoms with Gasteiger partial charge in [0.15, 0.2) is 11.5 Å². The van der Waals surface area contributed by atoms with E-state index in [2.05, 4.69) is 11.7 Å². The summed E-state index contributed by atoms with van der Waals surface area (Å²) in [5, 5.41) is 13.5. The van der Waals surface area contributed by atoms with Crippen LogP contribution in [0.3, 0.4) is 0 Å². The Kier molecular flexibility index (Phi) is 4.56. The number of ether oxygens (including phenoxy) is 1. The molecule has 1 N–H and O–H groups in total. The van der Waals surface area contributed by atoms with Gasteiger partial charge in [-0.3, -0.25) is 0 Å². The molecule has 2 aromatic rings. The first kappa shape index (κ1) is 14.6. The van der Waals surface area contributed by atoms with Crippen LogP contribution in [-0.4, -0.2) is 10.8 Å². The van der Waals surface area contributed by atoms with Crippen LogP contribution in [0.1, 0.15) is 12.5 Å². The van der Waals surface area contributed by atoms with Crippen molar-refractivity contribution in [2.75, 3.05) is 0 Å². The number of hydrogen-bond acceptors (Lipinski definition) is 4. The number of phenolic OH excluding ortho intramolecular Hbond substituents is 1. The molecule has 0 atom stereocenters. The van der Waals surface area contributed by atoms with Crippen molar-refractivity contribution in [1.29, 1.82) is 0 Å². The fourth-order valence-electron chi connectivity index (χ4n) is 1.72. The topological polar surface area (TPSA) is 51.0 Å². The Labute approximate surface area is 121 Å². The number of benzene rings is 2. The van der Waals surface area contributed by atoms with Crippen molar-refractivity contribution in [2.24, 2.45) is 5.16 Å². The quantitative estimate of drug-likeness (QED) is 0.509. The lowest BCUT2D eigenvalue weighted by molar-refractivity contribution is 0.269. The largest absolute Gasteiger partial charge is 0.504 e. The fraction of sp³-hybridized carbons (Fsp3) is 0.0625. The molecule has 108 valence electrons. The average molecular weight is 287 g/mol. The predicted octanol–water partition coefficient (Wildman–Crippen LogP) is 4.21.